The second-order valence-corrected chi connectivity index (χ2v) is 6.18. The number of aryl methyl sites for hydroxylation is 3. The second-order valence-electron chi connectivity index (χ2n) is 6.18. The smallest absolute Gasteiger partial charge is 0.261 e. The average Bonchev–Trinajstić information content (AvgIpc) is 2.53. The fourth-order valence-electron chi connectivity index (χ4n) is 2.88. The van der Waals surface area contributed by atoms with Gasteiger partial charge in [0.1, 0.15) is 0 Å². The molecule has 4 heteroatoms. The number of fused-ring (bicyclic) bond motifs is 1. The molecule has 0 saturated carbocycles. The normalized spacial score (nSPS) is 12.5. The van der Waals surface area contributed by atoms with Crippen LogP contribution in [0.5, 0.6) is 0 Å². The number of hydrogen-bond acceptors (Lipinski definition) is 3. The van der Waals surface area contributed by atoms with Gasteiger partial charge in [0.15, 0.2) is 0 Å². The van der Waals surface area contributed by atoms with Crippen molar-refractivity contribution < 1.29 is 0 Å². The van der Waals surface area contributed by atoms with Gasteiger partial charge >= 0.3 is 0 Å². The summed E-state index contributed by atoms with van der Waals surface area (Å²) < 4.78 is 1.71. The van der Waals surface area contributed by atoms with Gasteiger partial charge in [-0.15, -0.1) is 0 Å². The van der Waals surface area contributed by atoms with E-state index in [9.17, 15) is 4.79 Å². The van der Waals surface area contributed by atoms with Gasteiger partial charge in [-0.3, -0.25) is 14.3 Å². The minimum absolute atomic E-state index is 0.00890. The molecular formula is C19H21N3O. The lowest BCUT2D eigenvalue weighted by Gasteiger charge is -2.16. The maximum absolute atomic E-state index is 12.8. The lowest BCUT2D eigenvalue weighted by molar-refractivity contribution is 0.516. The Balaban J connectivity index is 2.03. The van der Waals surface area contributed by atoms with E-state index in [-0.39, 0.29) is 11.6 Å². The summed E-state index contributed by atoms with van der Waals surface area (Å²) in [6.45, 7) is 8.12. The minimum Gasteiger partial charge on any atom is -0.295 e. The molecule has 0 aliphatic rings. The molecule has 3 rings (SSSR count). The summed E-state index contributed by atoms with van der Waals surface area (Å²) >= 11 is 0. The first-order valence-electron chi connectivity index (χ1n) is 7.86. The summed E-state index contributed by atoms with van der Waals surface area (Å²) in [5.41, 5.74) is 5.20. The van der Waals surface area contributed by atoms with Crippen molar-refractivity contribution >= 4 is 10.9 Å². The lowest BCUT2D eigenvalue weighted by atomic mass is 10.1. The van der Waals surface area contributed by atoms with Crippen molar-refractivity contribution in [3.63, 3.8) is 0 Å². The summed E-state index contributed by atoms with van der Waals surface area (Å²) in [4.78, 5) is 21.8. The second kappa shape index (κ2) is 5.95. The number of hydrogen-bond donors (Lipinski definition) is 0. The molecule has 0 unspecified atom stereocenters. The zero-order chi connectivity index (χ0) is 16.6. The summed E-state index contributed by atoms with van der Waals surface area (Å²) in [6, 6.07) is 7.84. The summed E-state index contributed by atoms with van der Waals surface area (Å²) in [7, 11) is 0. The van der Waals surface area contributed by atoms with Crippen LogP contribution in [0, 0.1) is 20.8 Å². The first-order chi connectivity index (χ1) is 11.0. The van der Waals surface area contributed by atoms with E-state index < -0.39 is 0 Å². The van der Waals surface area contributed by atoms with Gasteiger partial charge in [-0.1, -0.05) is 12.1 Å². The Morgan fingerprint density at radius 2 is 1.87 bits per heavy atom. The van der Waals surface area contributed by atoms with E-state index in [4.69, 9.17) is 0 Å². The Labute approximate surface area is 135 Å². The highest BCUT2D eigenvalue weighted by atomic mass is 16.1. The molecule has 0 spiro atoms. The van der Waals surface area contributed by atoms with Crippen LogP contribution in [0.15, 0.2) is 41.6 Å². The molecule has 1 aromatic carbocycles. The molecule has 2 heterocycles. The van der Waals surface area contributed by atoms with E-state index in [1.165, 1.54) is 0 Å². The molecule has 0 fully saturated rings. The number of nitrogens with zero attached hydrogens (tertiary/aromatic N) is 3. The molecule has 0 N–H and O–H groups in total. The highest BCUT2D eigenvalue weighted by Crippen LogP contribution is 2.18. The van der Waals surface area contributed by atoms with Crippen LogP contribution in [0.25, 0.3) is 10.9 Å². The van der Waals surface area contributed by atoms with E-state index in [2.05, 4.69) is 9.97 Å². The third kappa shape index (κ3) is 2.77. The quantitative estimate of drug-likeness (QED) is 0.744. The Morgan fingerprint density at radius 3 is 2.61 bits per heavy atom. The van der Waals surface area contributed by atoms with E-state index >= 15 is 0 Å². The van der Waals surface area contributed by atoms with Crippen molar-refractivity contribution in [2.75, 3.05) is 0 Å². The monoisotopic (exact) mass is 307 g/mol. The van der Waals surface area contributed by atoms with Crippen LogP contribution in [-0.2, 0) is 6.42 Å². The third-order valence-corrected chi connectivity index (χ3v) is 4.56. The largest absolute Gasteiger partial charge is 0.295 e. The van der Waals surface area contributed by atoms with Gasteiger partial charge in [0.05, 0.1) is 17.2 Å². The topological polar surface area (TPSA) is 47.8 Å². The predicted molar refractivity (Wildman–Crippen MR) is 92.9 cm³/mol. The first kappa shape index (κ1) is 15.4. The van der Waals surface area contributed by atoms with Gasteiger partial charge in [-0.25, -0.2) is 4.98 Å². The van der Waals surface area contributed by atoms with Crippen LogP contribution >= 0.6 is 0 Å². The molecule has 23 heavy (non-hydrogen) atoms. The molecule has 1 atom stereocenters. The lowest BCUT2D eigenvalue weighted by Crippen LogP contribution is -2.25. The number of aromatic nitrogens is 3. The molecule has 4 nitrogen and oxygen atoms in total. The maximum atomic E-state index is 12.8. The van der Waals surface area contributed by atoms with E-state index in [1.807, 2.05) is 52.0 Å². The van der Waals surface area contributed by atoms with Crippen LogP contribution in [0.4, 0.5) is 0 Å². The first-order valence-corrected chi connectivity index (χ1v) is 7.86. The summed E-state index contributed by atoms with van der Waals surface area (Å²) in [5.74, 6) is 0. The van der Waals surface area contributed by atoms with Crippen molar-refractivity contribution in [2.45, 2.75) is 40.2 Å². The van der Waals surface area contributed by atoms with Crippen molar-refractivity contribution in [1.29, 1.82) is 0 Å². The molecule has 118 valence electrons. The molecule has 0 bridgehead atoms. The van der Waals surface area contributed by atoms with E-state index in [1.54, 1.807) is 17.1 Å². The molecule has 3 aromatic rings. The zero-order valence-electron chi connectivity index (χ0n) is 14.0. The van der Waals surface area contributed by atoms with Gasteiger partial charge in [-0.05, 0) is 56.5 Å². The minimum atomic E-state index is 0.00890. The third-order valence-electron chi connectivity index (χ3n) is 4.56. The average molecular weight is 307 g/mol. The molecule has 0 saturated heterocycles. The van der Waals surface area contributed by atoms with Crippen molar-refractivity contribution in [2.24, 2.45) is 0 Å². The number of benzene rings is 1. The highest BCUT2D eigenvalue weighted by molar-refractivity contribution is 5.81. The van der Waals surface area contributed by atoms with Crippen molar-refractivity contribution in [1.82, 2.24) is 14.5 Å². The van der Waals surface area contributed by atoms with Crippen LogP contribution < -0.4 is 5.56 Å². The standard InChI is InChI=1S/C19H21N3O/c1-12-7-8-16-18(15(12)4)21-11-22(19(16)23)14(3)10-17-13(2)6-5-9-20-17/h5-9,11,14H,10H2,1-4H3/t14-/m1/s1. The Kier molecular flexibility index (Phi) is 3.99. The van der Waals surface area contributed by atoms with Crippen LogP contribution in [0.2, 0.25) is 0 Å². The molecule has 0 amide bonds. The van der Waals surface area contributed by atoms with Crippen LogP contribution in [-0.4, -0.2) is 14.5 Å². The predicted octanol–water partition coefficient (Wildman–Crippen LogP) is 3.52. The van der Waals surface area contributed by atoms with Crippen molar-refractivity contribution in [3.05, 3.63) is 69.5 Å². The van der Waals surface area contributed by atoms with Gasteiger partial charge in [0.2, 0.25) is 0 Å². The van der Waals surface area contributed by atoms with E-state index in [0.29, 0.717) is 11.8 Å². The molecular weight excluding hydrogens is 286 g/mol. The van der Waals surface area contributed by atoms with E-state index in [0.717, 1.165) is 27.9 Å². The SMILES string of the molecule is Cc1cccnc1C[C@@H](C)n1cnc2c(C)c(C)ccc2c1=O. The Bertz CT molecular complexity index is 928. The zero-order valence-corrected chi connectivity index (χ0v) is 14.0. The maximum Gasteiger partial charge on any atom is 0.261 e. The summed E-state index contributed by atoms with van der Waals surface area (Å²) in [5, 5.41) is 0.681. The van der Waals surface area contributed by atoms with Gasteiger partial charge in [0.25, 0.3) is 5.56 Å². The number of rotatable bonds is 3. The molecule has 0 radical (unpaired) electrons. The van der Waals surface area contributed by atoms with Gasteiger partial charge in [-0.2, -0.15) is 0 Å². The van der Waals surface area contributed by atoms with Crippen LogP contribution in [0.1, 0.15) is 35.3 Å². The Hall–Kier alpha value is -2.49. The molecule has 0 aliphatic carbocycles. The number of pyridine rings is 1. The fourth-order valence-corrected chi connectivity index (χ4v) is 2.88. The molecule has 0 aliphatic heterocycles. The highest BCUT2D eigenvalue weighted by Gasteiger charge is 2.14. The van der Waals surface area contributed by atoms with Crippen molar-refractivity contribution in [3.8, 4) is 0 Å². The van der Waals surface area contributed by atoms with Gasteiger partial charge in [0, 0.05) is 24.4 Å². The van der Waals surface area contributed by atoms with Crippen LogP contribution in [0.3, 0.4) is 0 Å². The molecule has 2 aromatic heterocycles. The van der Waals surface area contributed by atoms with Gasteiger partial charge < -0.3 is 0 Å². The summed E-state index contributed by atoms with van der Waals surface area (Å²) in [6.07, 6.45) is 4.17. The Morgan fingerprint density at radius 1 is 1.09 bits per heavy atom. The fraction of sp³-hybridized carbons (Fsp3) is 0.316.